The van der Waals surface area contributed by atoms with Crippen LogP contribution in [0.1, 0.15) is 62.4 Å². The zero-order valence-electron chi connectivity index (χ0n) is 26.0. The minimum Gasteiger partial charge on any atom is -0.481 e. The van der Waals surface area contributed by atoms with Crippen molar-refractivity contribution >= 4 is 44.7 Å². The number of alkyl halides is 3. The van der Waals surface area contributed by atoms with Crippen molar-refractivity contribution in [2.45, 2.75) is 57.3 Å². The molecular weight excluding hydrogens is 629 g/mol. The van der Waals surface area contributed by atoms with Crippen molar-refractivity contribution in [3.05, 3.63) is 76.8 Å². The van der Waals surface area contributed by atoms with Gasteiger partial charge >= 0.3 is 6.18 Å². The Kier molecular flexibility index (Phi) is 7.43. The third-order valence-electron chi connectivity index (χ3n) is 9.50. The van der Waals surface area contributed by atoms with Crippen LogP contribution in [0.15, 0.2) is 55.0 Å². The molecule has 242 valence electrons. The lowest BCUT2D eigenvalue weighted by atomic mass is 9.92. The van der Waals surface area contributed by atoms with Crippen LogP contribution in [0, 0.1) is 22.7 Å². The average molecular weight is 661 g/mol. The Bertz CT molecular complexity index is 2050. The highest BCUT2D eigenvalue weighted by Gasteiger charge is 2.56. The van der Waals surface area contributed by atoms with Gasteiger partial charge in [0.05, 0.1) is 52.1 Å². The average Bonchev–Trinajstić information content (AvgIpc) is 3.99. The molecule has 7 rings (SSSR count). The highest BCUT2D eigenvalue weighted by molar-refractivity contribution is 6.35. The molecule has 0 amide bonds. The third-order valence-corrected chi connectivity index (χ3v) is 9.79. The summed E-state index contributed by atoms with van der Waals surface area (Å²) in [6.45, 7) is 1.76. The number of nitrogens with one attached hydrogen (secondary N) is 2. The second-order valence-electron chi connectivity index (χ2n) is 13.1. The van der Waals surface area contributed by atoms with Gasteiger partial charge in [0.15, 0.2) is 0 Å². The Morgan fingerprint density at radius 2 is 1.91 bits per heavy atom. The Balaban J connectivity index is 1.34. The predicted octanol–water partition coefficient (Wildman–Crippen LogP) is 8.01. The van der Waals surface area contributed by atoms with Gasteiger partial charge in [0.1, 0.15) is 11.8 Å². The zero-order valence-corrected chi connectivity index (χ0v) is 26.7. The maximum atomic E-state index is 13.7. The molecule has 2 aliphatic rings. The molecule has 2 saturated carbocycles. The standard InChI is InChI=1S/C34H32ClF3N8O/c1-32(2,34(36,37)38)18-42-28-19(15-39)16-41-29-25(28)13-21(14-26(29)35)43-30(23-5-4-6-24-22(23)9-12-40-31(24)47-3)27-17-46(45-44-27)33(10-11-33)20-7-8-20/h4-6,9,12-14,16-17,20,30,43H,7-8,10-11,18H2,1-3H3,(H,41,42)/t30-/m0/s1. The van der Waals surface area contributed by atoms with Gasteiger partial charge in [-0.05, 0) is 80.7 Å². The number of hydrogen-bond acceptors (Lipinski definition) is 8. The van der Waals surface area contributed by atoms with E-state index in [1.165, 1.54) is 19.0 Å². The Hall–Kier alpha value is -4.63. The van der Waals surface area contributed by atoms with E-state index in [1.807, 2.05) is 35.1 Å². The molecule has 2 fully saturated rings. The van der Waals surface area contributed by atoms with Crippen molar-refractivity contribution in [1.82, 2.24) is 25.0 Å². The van der Waals surface area contributed by atoms with E-state index in [-0.39, 0.29) is 21.8 Å². The first-order chi connectivity index (χ1) is 22.5. The number of rotatable bonds is 10. The van der Waals surface area contributed by atoms with Gasteiger partial charge in [-0.15, -0.1) is 5.10 Å². The summed E-state index contributed by atoms with van der Waals surface area (Å²) in [7, 11) is 1.57. The third kappa shape index (κ3) is 5.46. The van der Waals surface area contributed by atoms with Crippen molar-refractivity contribution in [2.75, 3.05) is 24.3 Å². The van der Waals surface area contributed by atoms with E-state index in [2.05, 4.69) is 37.0 Å². The summed E-state index contributed by atoms with van der Waals surface area (Å²) in [5, 5.41) is 28.0. The van der Waals surface area contributed by atoms with Crippen molar-refractivity contribution in [3.8, 4) is 11.9 Å². The number of aromatic nitrogens is 5. The van der Waals surface area contributed by atoms with Crippen LogP contribution in [0.4, 0.5) is 24.5 Å². The fourth-order valence-electron chi connectivity index (χ4n) is 6.32. The molecular formula is C34H32ClF3N8O. The van der Waals surface area contributed by atoms with Gasteiger partial charge in [-0.25, -0.2) is 9.67 Å². The van der Waals surface area contributed by atoms with Crippen LogP contribution < -0.4 is 15.4 Å². The molecule has 3 heterocycles. The fraction of sp³-hybridized carbons (Fsp3) is 0.382. The Morgan fingerprint density at radius 3 is 2.60 bits per heavy atom. The number of ether oxygens (including phenoxy) is 1. The summed E-state index contributed by atoms with van der Waals surface area (Å²) in [6, 6.07) is 12.8. The number of fused-ring (bicyclic) bond motifs is 2. The molecule has 2 N–H and O–H groups in total. The van der Waals surface area contributed by atoms with E-state index in [4.69, 9.17) is 16.3 Å². The Labute approximate surface area is 274 Å². The van der Waals surface area contributed by atoms with Crippen LogP contribution in [0.3, 0.4) is 0 Å². The Morgan fingerprint density at radius 1 is 1.13 bits per heavy atom. The van der Waals surface area contributed by atoms with Gasteiger partial charge in [-0.1, -0.05) is 28.9 Å². The van der Waals surface area contributed by atoms with Crippen LogP contribution in [-0.4, -0.2) is 44.8 Å². The number of hydrogen-bond donors (Lipinski definition) is 2. The molecule has 0 aliphatic heterocycles. The summed E-state index contributed by atoms with van der Waals surface area (Å²) in [4.78, 5) is 8.74. The largest absolute Gasteiger partial charge is 0.481 e. The van der Waals surface area contributed by atoms with Crippen molar-refractivity contribution in [1.29, 1.82) is 5.26 Å². The fourth-order valence-corrected chi connectivity index (χ4v) is 6.59. The van der Waals surface area contributed by atoms with Crippen LogP contribution >= 0.6 is 11.6 Å². The lowest BCUT2D eigenvalue weighted by molar-refractivity contribution is -0.206. The molecule has 47 heavy (non-hydrogen) atoms. The van der Waals surface area contributed by atoms with Crippen LogP contribution in [-0.2, 0) is 5.54 Å². The summed E-state index contributed by atoms with van der Waals surface area (Å²) in [6.07, 6.45) is 5.08. The summed E-state index contributed by atoms with van der Waals surface area (Å²) >= 11 is 6.77. The molecule has 0 unspecified atom stereocenters. The predicted molar refractivity (Wildman–Crippen MR) is 174 cm³/mol. The molecule has 0 bridgehead atoms. The van der Waals surface area contributed by atoms with Crippen LogP contribution in [0.2, 0.25) is 5.02 Å². The summed E-state index contributed by atoms with van der Waals surface area (Å²) in [5.41, 5.74) is 0.775. The molecule has 2 aliphatic carbocycles. The summed E-state index contributed by atoms with van der Waals surface area (Å²) in [5.74, 6) is 1.10. The van der Waals surface area contributed by atoms with Gasteiger partial charge < -0.3 is 15.4 Å². The minimum atomic E-state index is -4.46. The lowest BCUT2D eigenvalue weighted by Crippen LogP contribution is -2.38. The van der Waals surface area contributed by atoms with E-state index in [1.54, 1.807) is 25.4 Å². The van der Waals surface area contributed by atoms with E-state index >= 15 is 0 Å². The summed E-state index contributed by atoms with van der Waals surface area (Å²) < 4.78 is 48.8. The highest BCUT2D eigenvalue weighted by Crippen LogP contribution is 2.59. The number of benzene rings is 2. The maximum absolute atomic E-state index is 13.7. The maximum Gasteiger partial charge on any atom is 0.395 e. The van der Waals surface area contributed by atoms with Gasteiger partial charge in [-0.3, -0.25) is 4.98 Å². The van der Waals surface area contributed by atoms with E-state index in [0.717, 1.165) is 43.0 Å². The van der Waals surface area contributed by atoms with E-state index < -0.39 is 24.2 Å². The number of nitriles is 1. The molecule has 0 saturated heterocycles. The molecule has 5 aromatic rings. The zero-order chi connectivity index (χ0) is 33.1. The molecule has 1 atom stereocenters. The SMILES string of the molecule is COc1nccc2c([C@H](Nc3cc(Cl)c4ncc(C#N)c(NCC(C)(C)C(F)(F)F)c4c3)c3cn(C4(C5CC5)CC4)nn3)cccc12. The lowest BCUT2D eigenvalue weighted by Gasteiger charge is -2.28. The van der Waals surface area contributed by atoms with Crippen LogP contribution in [0.25, 0.3) is 21.7 Å². The molecule has 0 radical (unpaired) electrons. The normalized spacial score (nSPS) is 16.6. The number of halogens is 4. The molecule has 0 spiro atoms. The molecule has 3 aromatic heterocycles. The number of nitrogens with zero attached hydrogens (tertiary/aromatic N) is 6. The molecule has 9 nitrogen and oxygen atoms in total. The number of pyridine rings is 2. The van der Waals surface area contributed by atoms with E-state index in [9.17, 15) is 18.4 Å². The first-order valence-electron chi connectivity index (χ1n) is 15.4. The van der Waals surface area contributed by atoms with Crippen molar-refractivity contribution in [3.63, 3.8) is 0 Å². The van der Waals surface area contributed by atoms with Gasteiger partial charge in [0.25, 0.3) is 0 Å². The van der Waals surface area contributed by atoms with Crippen molar-refractivity contribution in [2.24, 2.45) is 11.3 Å². The van der Waals surface area contributed by atoms with Gasteiger partial charge in [-0.2, -0.15) is 18.4 Å². The second kappa shape index (κ2) is 11.3. The molecule has 13 heteroatoms. The second-order valence-corrected chi connectivity index (χ2v) is 13.5. The minimum absolute atomic E-state index is 0.0259. The van der Waals surface area contributed by atoms with Gasteiger partial charge in [0.2, 0.25) is 5.88 Å². The van der Waals surface area contributed by atoms with E-state index in [0.29, 0.717) is 34.1 Å². The first-order valence-corrected chi connectivity index (χ1v) is 15.8. The van der Waals surface area contributed by atoms with Crippen molar-refractivity contribution < 1.29 is 17.9 Å². The smallest absolute Gasteiger partial charge is 0.395 e. The first kappa shape index (κ1) is 31.0. The quantitative estimate of drug-likeness (QED) is 0.155. The number of methoxy groups -OCH3 is 1. The number of anilines is 2. The molecule has 2 aromatic carbocycles. The van der Waals surface area contributed by atoms with Gasteiger partial charge in [0, 0.05) is 35.4 Å². The highest BCUT2D eigenvalue weighted by atomic mass is 35.5. The van der Waals surface area contributed by atoms with Crippen LogP contribution in [0.5, 0.6) is 5.88 Å². The topological polar surface area (TPSA) is 114 Å². The monoisotopic (exact) mass is 660 g/mol.